The molecule has 0 aromatic heterocycles. The lowest BCUT2D eigenvalue weighted by atomic mass is 10.0. The average Bonchev–Trinajstić information content (AvgIpc) is 2.42. The minimum absolute atomic E-state index is 0.262. The van der Waals surface area contributed by atoms with Gasteiger partial charge in [0.25, 0.3) is 11.6 Å². The van der Waals surface area contributed by atoms with Crippen LogP contribution in [0.4, 0.5) is 10.1 Å². The Morgan fingerprint density at radius 2 is 2.00 bits per heavy atom. The molecule has 1 rings (SSSR count). The van der Waals surface area contributed by atoms with Gasteiger partial charge in [-0.25, -0.2) is 9.18 Å². The number of nitro benzene ring substituents is 1. The Balaban J connectivity index is 2.98. The summed E-state index contributed by atoms with van der Waals surface area (Å²) in [7, 11) is 1.18. The lowest BCUT2D eigenvalue weighted by molar-refractivity contribution is -0.385. The molecular weight excluding hydrogens is 282 g/mol. The van der Waals surface area contributed by atoms with E-state index < -0.39 is 34.3 Å². The third-order valence-corrected chi connectivity index (χ3v) is 2.82. The number of carbonyl (C=O) groups excluding carboxylic acids is 2. The van der Waals surface area contributed by atoms with Crippen molar-refractivity contribution in [3.05, 3.63) is 39.7 Å². The number of benzene rings is 1. The van der Waals surface area contributed by atoms with Crippen LogP contribution in [0.3, 0.4) is 0 Å². The summed E-state index contributed by atoms with van der Waals surface area (Å²) in [5, 5.41) is 12.9. The van der Waals surface area contributed by atoms with Crippen molar-refractivity contribution < 1.29 is 23.6 Å². The molecule has 21 heavy (non-hydrogen) atoms. The fourth-order valence-electron chi connectivity index (χ4n) is 1.65. The highest BCUT2D eigenvalue weighted by Crippen LogP contribution is 2.17. The number of rotatable bonds is 5. The predicted octanol–water partition coefficient (Wildman–Crippen LogP) is 1.66. The first-order chi connectivity index (χ1) is 9.77. The molecule has 0 aliphatic carbocycles. The van der Waals surface area contributed by atoms with Crippen molar-refractivity contribution in [1.29, 1.82) is 0 Å². The van der Waals surface area contributed by atoms with Crippen LogP contribution >= 0.6 is 0 Å². The SMILES string of the molecule is COC(=O)[C@@H](NC(=O)c1ccc([N+](=O)[O-])cc1[18F])C(C)C. The average molecular weight is 297 g/mol. The zero-order valence-corrected chi connectivity index (χ0v) is 11.8. The first-order valence-electron chi connectivity index (χ1n) is 6.10. The van der Waals surface area contributed by atoms with E-state index >= 15 is 0 Å². The maximum Gasteiger partial charge on any atom is 0.328 e. The largest absolute Gasteiger partial charge is 0.467 e. The van der Waals surface area contributed by atoms with Crippen molar-refractivity contribution in [2.24, 2.45) is 5.92 Å². The highest BCUT2D eigenvalue weighted by Gasteiger charge is 2.26. The first-order valence-corrected chi connectivity index (χ1v) is 6.10. The fraction of sp³-hybridized carbons (Fsp3) is 0.385. The fourth-order valence-corrected chi connectivity index (χ4v) is 1.65. The number of nitro groups is 1. The molecule has 1 atom stereocenters. The van der Waals surface area contributed by atoms with Crippen molar-refractivity contribution in [2.75, 3.05) is 7.11 Å². The van der Waals surface area contributed by atoms with Crippen LogP contribution in [0.15, 0.2) is 18.2 Å². The quantitative estimate of drug-likeness (QED) is 0.506. The van der Waals surface area contributed by atoms with Gasteiger partial charge >= 0.3 is 5.97 Å². The predicted molar refractivity (Wildman–Crippen MR) is 71.2 cm³/mol. The van der Waals surface area contributed by atoms with Gasteiger partial charge in [0.15, 0.2) is 0 Å². The zero-order chi connectivity index (χ0) is 16.2. The Bertz CT molecular complexity index is 574. The summed E-state index contributed by atoms with van der Waals surface area (Å²) < 4.78 is 18.3. The molecule has 7 nitrogen and oxygen atoms in total. The summed E-state index contributed by atoms with van der Waals surface area (Å²) in [6, 6.07) is 1.73. The van der Waals surface area contributed by atoms with E-state index in [1.165, 1.54) is 7.11 Å². The highest BCUT2D eigenvalue weighted by atomic mass is 18.2. The van der Waals surface area contributed by atoms with Crippen LogP contribution in [0.5, 0.6) is 0 Å². The van der Waals surface area contributed by atoms with Gasteiger partial charge in [-0.3, -0.25) is 14.9 Å². The number of nitrogens with one attached hydrogen (secondary N) is 1. The second kappa shape index (κ2) is 6.78. The molecule has 8 heteroatoms. The molecule has 0 aliphatic heterocycles. The minimum Gasteiger partial charge on any atom is -0.467 e. The van der Waals surface area contributed by atoms with Crippen molar-refractivity contribution in [2.45, 2.75) is 19.9 Å². The van der Waals surface area contributed by atoms with Gasteiger partial charge in [0.1, 0.15) is 11.9 Å². The van der Waals surface area contributed by atoms with E-state index in [9.17, 15) is 24.1 Å². The van der Waals surface area contributed by atoms with E-state index in [1.54, 1.807) is 13.8 Å². The van der Waals surface area contributed by atoms with Gasteiger partial charge in [-0.1, -0.05) is 13.8 Å². The Hall–Kier alpha value is -2.51. The third kappa shape index (κ3) is 3.98. The Kier molecular flexibility index (Phi) is 5.34. The van der Waals surface area contributed by atoms with Crippen LogP contribution in [0, 0.1) is 21.8 Å². The Morgan fingerprint density at radius 3 is 2.43 bits per heavy atom. The van der Waals surface area contributed by atoms with Gasteiger partial charge in [0.05, 0.1) is 23.7 Å². The number of hydrogen-bond acceptors (Lipinski definition) is 5. The molecule has 1 N–H and O–H groups in total. The molecular formula is C13H15FN2O5. The van der Waals surface area contributed by atoms with E-state index in [4.69, 9.17) is 0 Å². The molecule has 1 aromatic rings. The monoisotopic (exact) mass is 297 g/mol. The molecule has 0 fully saturated rings. The van der Waals surface area contributed by atoms with E-state index in [2.05, 4.69) is 10.1 Å². The third-order valence-electron chi connectivity index (χ3n) is 2.82. The number of carbonyl (C=O) groups is 2. The summed E-state index contributed by atoms with van der Waals surface area (Å²) in [6.45, 7) is 3.38. The first kappa shape index (κ1) is 16.5. The van der Waals surface area contributed by atoms with Crippen LogP contribution in [-0.4, -0.2) is 30.0 Å². The number of halogens is 1. The van der Waals surface area contributed by atoms with Gasteiger partial charge in [-0.2, -0.15) is 0 Å². The summed E-state index contributed by atoms with van der Waals surface area (Å²) >= 11 is 0. The number of hydrogen-bond donors (Lipinski definition) is 1. The Morgan fingerprint density at radius 1 is 1.38 bits per heavy atom. The lowest BCUT2D eigenvalue weighted by Crippen LogP contribution is -2.45. The van der Waals surface area contributed by atoms with Crippen molar-refractivity contribution in [3.8, 4) is 0 Å². The molecule has 0 spiro atoms. The second-order valence-electron chi connectivity index (χ2n) is 4.64. The van der Waals surface area contributed by atoms with Crippen molar-refractivity contribution in [3.63, 3.8) is 0 Å². The summed E-state index contributed by atoms with van der Waals surface area (Å²) in [4.78, 5) is 33.2. The van der Waals surface area contributed by atoms with Crippen LogP contribution in [-0.2, 0) is 9.53 Å². The molecule has 0 bridgehead atoms. The van der Waals surface area contributed by atoms with E-state index in [1.807, 2.05) is 0 Å². The summed E-state index contributed by atoms with van der Waals surface area (Å²) in [6.07, 6.45) is 0. The van der Waals surface area contributed by atoms with Crippen molar-refractivity contribution in [1.82, 2.24) is 5.32 Å². The topological polar surface area (TPSA) is 98.5 Å². The zero-order valence-electron chi connectivity index (χ0n) is 11.8. The number of amides is 1. The molecule has 1 aromatic carbocycles. The number of non-ortho nitro benzene ring substituents is 1. The van der Waals surface area contributed by atoms with Gasteiger partial charge in [0, 0.05) is 6.07 Å². The standard InChI is InChI=1S/C13H15FN2O5/c1-7(2)11(13(18)21-3)15-12(17)9-5-4-8(16(19)20)6-10(9)14/h4-7,11H,1-3H3,(H,15,17)/t11-/m0/s1/i14-1. The molecule has 0 radical (unpaired) electrons. The van der Waals surface area contributed by atoms with E-state index in [-0.39, 0.29) is 11.5 Å². The van der Waals surface area contributed by atoms with Gasteiger partial charge < -0.3 is 10.1 Å². The molecule has 1 amide bonds. The molecule has 0 saturated carbocycles. The van der Waals surface area contributed by atoms with Crippen LogP contribution < -0.4 is 5.32 Å². The van der Waals surface area contributed by atoms with Crippen LogP contribution in [0.25, 0.3) is 0 Å². The summed E-state index contributed by atoms with van der Waals surface area (Å²) in [5.74, 6) is -2.79. The number of nitrogens with zero attached hydrogens (tertiary/aromatic N) is 1. The molecule has 114 valence electrons. The maximum absolute atomic E-state index is 13.7. The number of methoxy groups -OCH3 is 1. The highest BCUT2D eigenvalue weighted by molar-refractivity contribution is 5.97. The molecule has 0 unspecified atom stereocenters. The van der Waals surface area contributed by atoms with E-state index in [0.29, 0.717) is 6.07 Å². The van der Waals surface area contributed by atoms with Gasteiger partial charge in [0.2, 0.25) is 0 Å². The summed E-state index contributed by atoms with van der Waals surface area (Å²) in [5.41, 5.74) is -0.840. The number of ether oxygens (including phenoxy) is 1. The normalized spacial score (nSPS) is 11.9. The number of esters is 1. The maximum atomic E-state index is 13.7. The molecule has 0 aliphatic rings. The molecule has 0 heterocycles. The molecule has 0 saturated heterocycles. The Labute approximate surface area is 120 Å². The lowest BCUT2D eigenvalue weighted by Gasteiger charge is -2.19. The van der Waals surface area contributed by atoms with Gasteiger partial charge in [-0.05, 0) is 12.0 Å². The van der Waals surface area contributed by atoms with Crippen LogP contribution in [0.2, 0.25) is 0 Å². The van der Waals surface area contributed by atoms with Crippen molar-refractivity contribution >= 4 is 17.6 Å². The van der Waals surface area contributed by atoms with E-state index in [0.717, 1.165) is 12.1 Å². The smallest absolute Gasteiger partial charge is 0.328 e. The second-order valence-corrected chi connectivity index (χ2v) is 4.64. The van der Waals surface area contributed by atoms with Crippen LogP contribution in [0.1, 0.15) is 24.2 Å². The minimum atomic E-state index is -1.03. The van der Waals surface area contributed by atoms with Gasteiger partial charge in [-0.15, -0.1) is 0 Å².